The minimum absolute atomic E-state index is 0. The van der Waals surface area contributed by atoms with Crippen molar-refractivity contribution in [2.24, 2.45) is 0 Å². The molecule has 2 heterocycles. The minimum atomic E-state index is 0. The Morgan fingerprint density at radius 3 is 2.41 bits per heavy atom. The fourth-order valence-electron chi connectivity index (χ4n) is 1.79. The molecule has 3 aromatic rings. The largest absolute Gasteiger partial charge is 0.410 e. The topological polar surface area (TPSA) is 49.6 Å². The summed E-state index contributed by atoms with van der Waals surface area (Å²) in [5.74, 6) is 0. The Labute approximate surface area is 112 Å². The zero-order valence-corrected chi connectivity index (χ0v) is 11.5. The molecule has 1 N–H and O–H groups in total. The van der Waals surface area contributed by atoms with Gasteiger partial charge in [-0.3, -0.25) is 9.97 Å². The molecule has 83 valence electrons. The molecule has 17 heavy (non-hydrogen) atoms. The van der Waals surface area contributed by atoms with E-state index >= 15 is 0 Å². The Kier molecular flexibility index (Phi) is 3.28. The third-order valence-corrected chi connectivity index (χ3v) is 2.56. The molecule has 0 saturated heterocycles. The molecule has 4 heteroatoms. The monoisotopic (exact) mass is 393 g/mol. The van der Waals surface area contributed by atoms with Crippen molar-refractivity contribution in [3.8, 4) is 0 Å². The maximum Gasteiger partial charge on any atom is 0.0962 e. The van der Waals surface area contributed by atoms with E-state index in [0.29, 0.717) is 5.69 Å². The Balaban J connectivity index is 0.00000108. The first-order valence-corrected chi connectivity index (χ1v) is 4.96. The Morgan fingerprint density at radius 2 is 1.65 bits per heavy atom. The first kappa shape index (κ1) is 11.8. The molecule has 0 aliphatic carbocycles. The quantitative estimate of drug-likeness (QED) is 0.393. The number of fused-ring (bicyclic) bond motifs is 3. The summed E-state index contributed by atoms with van der Waals surface area (Å²) >= 11 is 0. The molecule has 0 unspecified atom stereocenters. The molecule has 1 aromatic carbocycles. The van der Waals surface area contributed by atoms with Crippen molar-refractivity contribution in [1.82, 2.24) is 9.97 Å². The van der Waals surface area contributed by atoms with Gasteiger partial charge in [-0.2, -0.15) is 6.07 Å². The summed E-state index contributed by atoms with van der Waals surface area (Å²) in [7, 11) is 0. The zero-order chi connectivity index (χ0) is 11.0. The molecule has 0 aliphatic rings. The summed E-state index contributed by atoms with van der Waals surface area (Å²) < 4.78 is 0. The normalized spacial score (nSPS) is 10.1. The van der Waals surface area contributed by atoms with E-state index < -0.39 is 0 Å². The van der Waals surface area contributed by atoms with E-state index in [1.54, 1.807) is 12.3 Å². The average molecular weight is 392 g/mol. The molecule has 0 spiro atoms. The Hall–Kier alpha value is -1.63. The van der Waals surface area contributed by atoms with Crippen molar-refractivity contribution in [3.63, 3.8) is 0 Å². The first-order valence-electron chi connectivity index (χ1n) is 4.96. The van der Waals surface area contributed by atoms with Gasteiger partial charge < -0.3 is 5.41 Å². The summed E-state index contributed by atoms with van der Waals surface area (Å²) in [5, 5.41) is 9.19. The van der Waals surface area contributed by atoms with Crippen LogP contribution >= 0.6 is 0 Å². The summed E-state index contributed by atoms with van der Waals surface area (Å²) in [4.78, 5) is 8.69. The van der Waals surface area contributed by atoms with Crippen LogP contribution in [0.1, 0.15) is 5.69 Å². The van der Waals surface area contributed by atoms with Crippen molar-refractivity contribution in [2.45, 2.75) is 0 Å². The molecule has 3 nitrogen and oxygen atoms in total. The van der Waals surface area contributed by atoms with Crippen molar-refractivity contribution in [3.05, 3.63) is 48.3 Å². The zero-order valence-electron chi connectivity index (χ0n) is 8.81. The van der Waals surface area contributed by atoms with Gasteiger partial charge in [-0.1, -0.05) is 23.9 Å². The van der Waals surface area contributed by atoms with E-state index in [-0.39, 0.29) is 20.4 Å². The van der Waals surface area contributed by atoms with Crippen LogP contribution in [0.2, 0.25) is 0 Å². The number of rotatable bonds is 1. The van der Waals surface area contributed by atoms with Crippen molar-refractivity contribution < 1.29 is 20.4 Å². The van der Waals surface area contributed by atoms with Gasteiger partial charge in [-0.25, -0.2) is 0 Å². The van der Waals surface area contributed by atoms with Gasteiger partial charge in [0.1, 0.15) is 0 Å². The minimum Gasteiger partial charge on any atom is -0.410 e. The van der Waals surface area contributed by atoms with Crippen LogP contribution in [0.3, 0.4) is 0 Å². The molecule has 0 saturated carbocycles. The first-order chi connectivity index (χ1) is 7.88. The average Bonchev–Trinajstić information content (AvgIpc) is 2.38. The number of hydrogen-bond acceptors (Lipinski definition) is 3. The van der Waals surface area contributed by atoms with Crippen LogP contribution in [-0.4, -0.2) is 16.2 Å². The third-order valence-electron chi connectivity index (χ3n) is 2.56. The van der Waals surface area contributed by atoms with Gasteiger partial charge >= 0.3 is 0 Å². The van der Waals surface area contributed by atoms with Gasteiger partial charge in [0.2, 0.25) is 0 Å². The molecule has 2 aromatic heterocycles. The maximum absolute atomic E-state index is 7.09. The van der Waals surface area contributed by atoms with Crippen molar-refractivity contribution >= 4 is 28.0 Å². The van der Waals surface area contributed by atoms with E-state index in [0.717, 1.165) is 21.8 Å². The van der Waals surface area contributed by atoms with Gasteiger partial charge in [0.15, 0.2) is 0 Å². The molecule has 0 aliphatic heterocycles. The van der Waals surface area contributed by atoms with Crippen LogP contribution in [0.5, 0.6) is 0 Å². The van der Waals surface area contributed by atoms with Crippen molar-refractivity contribution in [1.29, 1.82) is 5.41 Å². The Bertz CT molecular complexity index is 694. The van der Waals surface area contributed by atoms with E-state index in [4.69, 9.17) is 5.41 Å². The van der Waals surface area contributed by atoms with Gasteiger partial charge in [0.25, 0.3) is 0 Å². The fourth-order valence-corrected chi connectivity index (χ4v) is 1.79. The van der Waals surface area contributed by atoms with Gasteiger partial charge in [0, 0.05) is 32.0 Å². The number of aromatic nitrogens is 2. The standard InChI is InChI=1S/C13H8N3.Re/c14-8-11-6-5-10-4-3-9-2-1-7-15-12(9)13(10)16-11;/h1-7,14H;/q-1;. The summed E-state index contributed by atoms with van der Waals surface area (Å²) in [6.45, 7) is 0. The molecule has 0 fully saturated rings. The second-order valence-electron chi connectivity index (χ2n) is 3.53. The maximum atomic E-state index is 7.09. The summed E-state index contributed by atoms with van der Waals surface area (Å²) in [6, 6.07) is 11.7. The van der Waals surface area contributed by atoms with E-state index in [9.17, 15) is 0 Å². The Morgan fingerprint density at radius 1 is 0.941 bits per heavy atom. The van der Waals surface area contributed by atoms with E-state index in [1.807, 2.05) is 30.3 Å². The fraction of sp³-hybridized carbons (Fsp3) is 0. The van der Waals surface area contributed by atoms with E-state index in [2.05, 4.69) is 16.2 Å². The molecule has 3 rings (SSSR count). The molecule has 0 atom stereocenters. The van der Waals surface area contributed by atoms with Gasteiger partial charge in [-0.05, 0) is 11.5 Å². The number of pyridine rings is 2. The SMILES string of the molecule is N=[C-]c1ccc2ccc3cccnc3c2n1.[Re]. The molecular weight excluding hydrogens is 384 g/mol. The number of nitrogens with one attached hydrogen (secondary N) is 1. The predicted molar refractivity (Wildman–Crippen MR) is 63.9 cm³/mol. The van der Waals surface area contributed by atoms with E-state index in [1.165, 1.54) is 0 Å². The second kappa shape index (κ2) is 4.70. The number of nitrogens with zero attached hydrogens (tertiary/aromatic N) is 2. The molecule has 0 bridgehead atoms. The van der Waals surface area contributed by atoms with Crippen LogP contribution in [-0.2, 0) is 20.4 Å². The van der Waals surface area contributed by atoms with Crippen LogP contribution in [0, 0.1) is 5.41 Å². The van der Waals surface area contributed by atoms with Gasteiger partial charge in [-0.15, -0.1) is 12.3 Å². The molecular formula is C13H8N3Re-. The van der Waals surface area contributed by atoms with Crippen LogP contribution in [0.25, 0.3) is 21.8 Å². The summed E-state index contributed by atoms with van der Waals surface area (Å²) in [5.41, 5.74) is 2.23. The van der Waals surface area contributed by atoms with Crippen molar-refractivity contribution in [2.75, 3.05) is 0 Å². The summed E-state index contributed by atoms with van der Waals surface area (Å²) in [6.07, 6.45) is 4.05. The van der Waals surface area contributed by atoms with Crippen LogP contribution < -0.4 is 0 Å². The number of hydrogen-bond donors (Lipinski definition) is 1. The number of benzene rings is 1. The molecule has 0 amide bonds. The second-order valence-corrected chi connectivity index (χ2v) is 3.53. The van der Waals surface area contributed by atoms with Crippen LogP contribution in [0.15, 0.2) is 42.6 Å². The van der Waals surface area contributed by atoms with Crippen LogP contribution in [0.4, 0.5) is 0 Å². The van der Waals surface area contributed by atoms with Gasteiger partial charge in [0.05, 0.1) is 11.0 Å². The molecule has 1 radical (unpaired) electrons. The smallest absolute Gasteiger partial charge is 0.0962 e. The third kappa shape index (κ3) is 1.98. The predicted octanol–water partition coefficient (Wildman–Crippen LogP) is 2.66.